The Morgan fingerprint density at radius 1 is 0.742 bits per heavy atom. The van der Waals surface area contributed by atoms with Gasteiger partial charge in [0.15, 0.2) is 0 Å². The Hall–Kier alpha value is -3.47. The highest BCUT2D eigenvalue weighted by Gasteiger charge is 2.50. The predicted octanol–water partition coefficient (Wildman–Crippen LogP) is 4.99. The van der Waals surface area contributed by atoms with Gasteiger partial charge in [-0.3, -0.25) is 4.79 Å². The van der Waals surface area contributed by atoms with Crippen molar-refractivity contribution in [1.82, 2.24) is 5.32 Å². The van der Waals surface area contributed by atoms with Gasteiger partial charge in [-0.25, -0.2) is 0 Å². The molecule has 160 valence electrons. The summed E-state index contributed by atoms with van der Waals surface area (Å²) in [4.78, 5) is 17.0. The van der Waals surface area contributed by atoms with Crippen molar-refractivity contribution in [2.45, 2.75) is 19.4 Å². The molecule has 1 amide bonds. The van der Waals surface area contributed by atoms with Gasteiger partial charge in [0, 0.05) is 68.4 Å². The van der Waals surface area contributed by atoms with Gasteiger partial charge in [0.25, 0.3) is 5.91 Å². The molecule has 0 bridgehead atoms. The van der Waals surface area contributed by atoms with Crippen LogP contribution in [0.5, 0.6) is 11.5 Å². The molecule has 5 rings (SSSR count). The third kappa shape index (κ3) is 3.03. The Morgan fingerprint density at radius 2 is 1.26 bits per heavy atom. The molecule has 2 aliphatic rings. The van der Waals surface area contributed by atoms with E-state index in [-0.39, 0.29) is 5.91 Å². The number of hydrogen-bond acceptors (Lipinski definition) is 4. The van der Waals surface area contributed by atoms with E-state index in [0.29, 0.717) is 5.56 Å². The molecule has 0 saturated heterocycles. The van der Waals surface area contributed by atoms with Crippen LogP contribution in [0.15, 0.2) is 60.7 Å². The third-order valence-electron chi connectivity index (χ3n) is 5.87. The second kappa shape index (κ2) is 7.65. The first-order chi connectivity index (χ1) is 14.9. The minimum atomic E-state index is -0.758. The van der Waals surface area contributed by atoms with E-state index < -0.39 is 5.54 Å². The molecular weight excluding hydrogens is 386 g/mol. The maximum Gasteiger partial charge on any atom is 0.252 e. The van der Waals surface area contributed by atoms with Gasteiger partial charge in [-0.05, 0) is 23.8 Å². The number of nitrogens with zero attached hydrogens (tertiary/aromatic N) is 2. The van der Waals surface area contributed by atoms with E-state index in [1.54, 1.807) is 0 Å². The second-order valence-electron chi connectivity index (χ2n) is 8.00. The van der Waals surface area contributed by atoms with Crippen LogP contribution < -0.4 is 19.9 Å². The van der Waals surface area contributed by atoms with Crippen LogP contribution in [0.2, 0.25) is 0 Å². The van der Waals surface area contributed by atoms with Gasteiger partial charge in [-0.15, -0.1) is 0 Å². The van der Waals surface area contributed by atoms with E-state index in [1.165, 1.54) is 0 Å². The summed E-state index contributed by atoms with van der Waals surface area (Å²) in [5, 5.41) is 3.30. The smallest absolute Gasteiger partial charge is 0.252 e. The molecule has 1 spiro atoms. The molecule has 1 N–H and O–H groups in total. The molecule has 2 aliphatic heterocycles. The molecule has 3 aromatic carbocycles. The van der Waals surface area contributed by atoms with E-state index in [4.69, 9.17) is 4.74 Å². The number of amides is 1. The van der Waals surface area contributed by atoms with Crippen molar-refractivity contribution in [3.05, 3.63) is 82.9 Å². The summed E-state index contributed by atoms with van der Waals surface area (Å²) in [6.45, 7) is 4.00. The standard InChI is InChI=1S/C24H23N3O2.C2H6/c1-26(2)15-9-11-19-21(13-15)29-22-14-16(27(3)4)10-12-20(22)24(19)18-8-6-5-7-17(18)23(28)25-24;1-2/h5-14H,1-4H3,(H,25,28);1-2H3. The summed E-state index contributed by atoms with van der Waals surface area (Å²) in [5.41, 5.74) is 4.91. The van der Waals surface area contributed by atoms with Crippen LogP contribution >= 0.6 is 0 Å². The van der Waals surface area contributed by atoms with Crippen LogP contribution in [0, 0.1) is 0 Å². The summed E-state index contributed by atoms with van der Waals surface area (Å²) in [7, 11) is 8.02. The lowest BCUT2D eigenvalue weighted by Gasteiger charge is -2.38. The lowest BCUT2D eigenvalue weighted by atomic mass is 9.75. The molecule has 5 nitrogen and oxygen atoms in total. The highest BCUT2D eigenvalue weighted by atomic mass is 16.5. The summed E-state index contributed by atoms with van der Waals surface area (Å²) in [6.07, 6.45) is 0. The van der Waals surface area contributed by atoms with Crippen LogP contribution in [0.1, 0.15) is 40.9 Å². The minimum Gasteiger partial charge on any atom is -0.456 e. The average Bonchev–Trinajstić information content (AvgIpc) is 3.07. The Morgan fingerprint density at radius 3 is 1.77 bits per heavy atom. The number of anilines is 2. The Balaban J connectivity index is 0.00000112. The van der Waals surface area contributed by atoms with Gasteiger partial charge in [0.05, 0.1) is 0 Å². The number of fused-ring (bicyclic) bond motifs is 6. The molecule has 0 radical (unpaired) electrons. The van der Waals surface area contributed by atoms with Gasteiger partial charge in [-0.2, -0.15) is 0 Å². The summed E-state index contributed by atoms with van der Waals surface area (Å²) >= 11 is 0. The first kappa shape index (κ1) is 20.8. The largest absolute Gasteiger partial charge is 0.456 e. The third-order valence-corrected chi connectivity index (χ3v) is 5.87. The monoisotopic (exact) mass is 415 g/mol. The van der Waals surface area contributed by atoms with Gasteiger partial charge >= 0.3 is 0 Å². The highest BCUT2D eigenvalue weighted by Crippen LogP contribution is 2.54. The molecule has 0 saturated carbocycles. The van der Waals surface area contributed by atoms with Crippen molar-refractivity contribution in [2.75, 3.05) is 38.0 Å². The van der Waals surface area contributed by atoms with Gasteiger partial charge < -0.3 is 19.9 Å². The van der Waals surface area contributed by atoms with Crippen molar-refractivity contribution in [2.24, 2.45) is 0 Å². The Kier molecular flexibility index (Phi) is 5.13. The van der Waals surface area contributed by atoms with Crippen molar-refractivity contribution in [3.8, 4) is 11.5 Å². The number of rotatable bonds is 2. The van der Waals surface area contributed by atoms with E-state index in [2.05, 4.69) is 29.6 Å². The van der Waals surface area contributed by atoms with Crippen molar-refractivity contribution >= 4 is 17.3 Å². The zero-order valence-corrected chi connectivity index (χ0v) is 19.0. The number of ether oxygens (including phenoxy) is 1. The minimum absolute atomic E-state index is 0.0622. The van der Waals surface area contributed by atoms with Crippen LogP contribution in [-0.4, -0.2) is 34.1 Å². The molecule has 0 atom stereocenters. The van der Waals surface area contributed by atoms with Crippen LogP contribution in [0.4, 0.5) is 11.4 Å². The summed E-state index contributed by atoms with van der Waals surface area (Å²) in [6, 6.07) is 20.1. The first-order valence-electron chi connectivity index (χ1n) is 10.7. The molecule has 2 heterocycles. The zero-order chi connectivity index (χ0) is 22.3. The number of benzene rings is 3. The average molecular weight is 416 g/mol. The SMILES string of the molecule is CC.CN(C)c1ccc2c(c1)Oc1cc(N(C)C)ccc1C21NC(=O)c2ccccc21. The lowest BCUT2D eigenvalue weighted by Crippen LogP contribution is -2.43. The highest BCUT2D eigenvalue weighted by molar-refractivity contribution is 6.02. The fourth-order valence-electron chi connectivity index (χ4n) is 4.37. The summed E-state index contributed by atoms with van der Waals surface area (Å²) < 4.78 is 6.39. The van der Waals surface area contributed by atoms with Crippen molar-refractivity contribution < 1.29 is 9.53 Å². The normalized spacial score (nSPS) is 14.3. The second-order valence-corrected chi connectivity index (χ2v) is 8.00. The molecule has 3 aromatic rings. The number of carbonyl (C=O) groups excluding carboxylic acids is 1. The fraction of sp³-hybridized carbons (Fsp3) is 0.269. The van der Waals surface area contributed by atoms with Gasteiger partial charge in [0.1, 0.15) is 17.0 Å². The summed E-state index contributed by atoms with van der Waals surface area (Å²) in [5.74, 6) is 1.46. The Labute approximate surface area is 184 Å². The van der Waals surface area contributed by atoms with Gasteiger partial charge in [-0.1, -0.05) is 44.2 Å². The predicted molar refractivity (Wildman–Crippen MR) is 127 cm³/mol. The van der Waals surface area contributed by atoms with E-state index in [1.807, 2.05) is 88.2 Å². The molecular formula is C26H29N3O2. The maximum absolute atomic E-state index is 12.9. The maximum atomic E-state index is 12.9. The van der Waals surface area contributed by atoms with E-state index in [9.17, 15) is 4.79 Å². The number of carbonyl (C=O) groups is 1. The van der Waals surface area contributed by atoms with Crippen LogP contribution in [0.3, 0.4) is 0 Å². The topological polar surface area (TPSA) is 44.8 Å². The van der Waals surface area contributed by atoms with Crippen molar-refractivity contribution in [1.29, 1.82) is 0 Å². The number of hydrogen-bond donors (Lipinski definition) is 1. The van der Waals surface area contributed by atoms with Gasteiger partial charge in [0.2, 0.25) is 0 Å². The van der Waals surface area contributed by atoms with E-state index >= 15 is 0 Å². The zero-order valence-electron chi connectivity index (χ0n) is 19.0. The quantitative estimate of drug-likeness (QED) is 0.641. The van der Waals surface area contributed by atoms with Crippen LogP contribution in [-0.2, 0) is 5.54 Å². The van der Waals surface area contributed by atoms with Crippen molar-refractivity contribution in [3.63, 3.8) is 0 Å². The molecule has 31 heavy (non-hydrogen) atoms. The Bertz CT molecular complexity index is 1090. The molecule has 0 aromatic heterocycles. The first-order valence-corrected chi connectivity index (χ1v) is 10.7. The number of nitrogens with one attached hydrogen (secondary N) is 1. The van der Waals surface area contributed by atoms with E-state index in [0.717, 1.165) is 39.6 Å². The molecule has 0 unspecified atom stereocenters. The fourth-order valence-corrected chi connectivity index (χ4v) is 4.37. The lowest BCUT2D eigenvalue weighted by molar-refractivity contribution is 0.0947. The molecule has 0 fully saturated rings. The molecule has 0 aliphatic carbocycles. The van der Waals surface area contributed by atoms with Crippen LogP contribution in [0.25, 0.3) is 0 Å². The molecule has 5 heteroatoms.